The molecule has 0 bridgehead atoms. The third-order valence-electron chi connectivity index (χ3n) is 2.67. The van der Waals surface area contributed by atoms with Crippen molar-refractivity contribution in [3.8, 4) is 0 Å². The lowest BCUT2D eigenvalue weighted by atomic mass is 10.0. The molecule has 0 aromatic rings. The molecule has 4 heteroatoms. The smallest absolute Gasteiger partial charge is 0.147 e. The second kappa shape index (κ2) is 7.28. The average Bonchev–Trinajstić information content (AvgIpc) is 2.10. The molecule has 0 aliphatic heterocycles. The van der Waals surface area contributed by atoms with Crippen LogP contribution in [0.5, 0.6) is 0 Å². The number of rotatable bonds is 8. The fourth-order valence-electron chi connectivity index (χ4n) is 1.63. The molecule has 2 atom stereocenters. The minimum absolute atomic E-state index is 0.275. The Morgan fingerprint density at radius 2 is 1.44 bits per heavy atom. The molecule has 0 aliphatic rings. The third kappa shape index (κ3) is 10.4. The molecule has 3 nitrogen and oxygen atoms in total. The summed E-state index contributed by atoms with van der Waals surface area (Å²) in [6.07, 6.45) is 4.36. The Bertz CT molecular complexity index is 273. The van der Waals surface area contributed by atoms with Crippen LogP contribution in [0.3, 0.4) is 0 Å². The molecule has 0 amide bonds. The fraction of sp³-hybridized carbons (Fsp3) is 1.00. The molecule has 0 radical (unpaired) electrons. The zero-order chi connectivity index (χ0) is 12.8. The maximum Gasteiger partial charge on any atom is 0.147 e. The monoisotopic (exact) mass is 249 g/mol. The summed E-state index contributed by atoms with van der Waals surface area (Å²) in [5.41, 5.74) is 0. The van der Waals surface area contributed by atoms with Crippen LogP contribution < -0.4 is 5.32 Å². The van der Waals surface area contributed by atoms with E-state index in [0.29, 0.717) is 12.5 Å². The third-order valence-corrected chi connectivity index (χ3v) is 3.65. The second-order valence-corrected chi connectivity index (χ2v) is 7.62. The molecular weight excluding hydrogens is 222 g/mol. The SMILES string of the molecule is CC(C)CCC(C)NC(C)CCS(C)(=O)=O. The maximum atomic E-state index is 11.0. The van der Waals surface area contributed by atoms with E-state index in [4.69, 9.17) is 0 Å². The van der Waals surface area contributed by atoms with Gasteiger partial charge < -0.3 is 5.32 Å². The fourth-order valence-corrected chi connectivity index (χ4v) is 2.41. The Labute approximate surface area is 101 Å². The minimum Gasteiger partial charge on any atom is -0.312 e. The van der Waals surface area contributed by atoms with Crippen LogP contribution in [0.4, 0.5) is 0 Å². The van der Waals surface area contributed by atoms with E-state index in [-0.39, 0.29) is 11.8 Å². The topological polar surface area (TPSA) is 46.2 Å². The quantitative estimate of drug-likeness (QED) is 0.717. The van der Waals surface area contributed by atoms with E-state index in [2.05, 4.69) is 33.0 Å². The Morgan fingerprint density at radius 3 is 1.88 bits per heavy atom. The summed E-state index contributed by atoms with van der Waals surface area (Å²) in [5, 5.41) is 3.44. The van der Waals surface area contributed by atoms with E-state index in [0.717, 1.165) is 12.3 Å². The summed E-state index contributed by atoms with van der Waals surface area (Å²) in [6.45, 7) is 8.66. The van der Waals surface area contributed by atoms with Crippen molar-refractivity contribution in [3.05, 3.63) is 0 Å². The summed E-state index contributed by atoms with van der Waals surface area (Å²) in [6, 6.07) is 0.744. The maximum absolute atomic E-state index is 11.0. The first kappa shape index (κ1) is 15.9. The van der Waals surface area contributed by atoms with Crippen molar-refractivity contribution in [2.75, 3.05) is 12.0 Å². The molecule has 16 heavy (non-hydrogen) atoms. The Kier molecular flexibility index (Phi) is 7.24. The number of sulfone groups is 1. The standard InChI is InChI=1S/C12H27NO2S/c1-10(2)6-7-11(3)13-12(4)8-9-16(5,14)15/h10-13H,6-9H2,1-5H3. The molecule has 0 heterocycles. The largest absolute Gasteiger partial charge is 0.312 e. The van der Waals surface area contributed by atoms with Gasteiger partial charge in [0.25, 0.3) is 0 Å². The zero-order valence-corrected chi connectivity index (χ0v) is 12.1. The van der Waals surface area contributed by atoms with E-state index in [9.17, 15) is 8.42 Å². The van der Waals surface area contributed by atoms with Crippen molar-refractivity contribution in [3.63, 3.8) is 0 Å². The molecule has 0 aromatic carbocycles. The van der Waals surface area contributed by atoms with Crippen LogP contribution in [0.2, 0.25) is 0 Å². The second-order valence-electron chi connectivity index (χ2n) is 5.36. The van der Waals surface area contributed by atoms with E-state index >= 15 is 0 Å². The minimum atomic E-state index is -2.82. The normalized spacial score (nSPS) is 16.4. The van der Waals surface area contributed by atoms with E-state index in [1.807, 2.05) is 0 Å². The molecule has 0 saturated heterocycles. The molecule has 1 N–H and O–H groups in total. The van der Waals surface area contributed by atoms with Gasteiger partial charge in [-0.15, -0.1) is 0 Å². The first-order valence-electron chi connectivity index (χ1n) is 6.14. The van der Waals surface area contributed by atoms with Crippen molar-refractivity contribution < 1.29 is 8.42 Å². The number of hydrogen-bond acceptors (Lipinski definition) is 3. The Balaban J connectivity index is 3.74. The predicted octanol–water partition coefficient (Wildman–Crippen LogP) is 2.22. The van der Waals surface area contributed by atoms with Crippen LogP contribution in [0, 0.1) is 5.92 Å². The van der Waals surface area contributed by atoms with Gasteiger partial charge in [-0.2, -0.15) is 0 Å². The summed E-state index contributed by atoms with van der Waals surface area (Å²) in [7, 11) is -2.82. The highest BCUT2D eigenvalue weighted by Gasteiger charge is 2.10. The van der Waals surface area contributed by atoms with E-state index in [1.54, 1.807) is 0 Å². The van der Waals surface area contributed by atoms with Gasteiger partial charge in [0.1, 0.15) is 9.84 Å². The van der Waals surface area contributed by atoms with Crippen LogP contribution in [0.1, 0.15) is 47.0 Å². The van der Waals surface area contributed by atoms with Crippen LogP contribution in [-0.4, -0.2) is 32.5 Å². The highest BCUT2D eigenvalue weighted by atomic mass is 32.2. The first-order chi connectivity index (χ1) is 7.20. The van der Waals surface area contributed by atoms with Crippen molar-refractivity contribution in [1.29, 1.82) is 0 Å². The molecule has 0 aliphatic carbocycles. The molecule has 98 valence electrons. The average molecular weight is 249 g/mol. The van der Waals surface area contributed by atoms with Crippen molar-refractivity contribution in [2.45, 2.75) is 59.0 Å². The van der Waals surface area contributed by atoms with Crippen LogP contribution in [0.15, 0.2) is 0 Å². The van der Waals surface area contributed by atoms with Crippen LogP contribution in [0.25, 0.3) is 0 Å². The lowest BCUT2D eigenvalue weighted by Gasteiger charge is -2.20. The van der Waals surface area contributed by atoms with Gasteiger partial charge in [0.2, 0.25) is 0 Å². The van der Waals surface area contributed by atoms with Crippen molar-refractivity contribution >= 4 is 9.84 Å². The highest BCUT2D eigenvalue weighted by Crippen LogP contribution is 2.07. The summed E-state index contributed by atoms with van der Waals surface area (Å²) in [5.74, 6) is 1.01. The van der Waals surface area contributed by atoms with Gasteiger partial charge in [-0.1, -0.05) is 13.8 Å². The van der Waals surface area contributed by atoms with Crippen LogP contribution >= 0.6 is 0 Å². The van der Waals surface area contributed by atoms with Gasteiger partial charge in [-0.3, -0.25) is 0 Å². The lowest BCUT2D eigenvalue weighted by molar-refractivity contribution is 0.406. The molecule has 0 spiro atoms. The molecule has 0 rings (SSSR count). The van der Waals surface area contributed by atoms with Gasteiger partial charge in [0, 0.05) is 18.3 Å². The highest BCUT2D eigenvalue weighted by molar-refractivity contribution is 7.90. The number of hydrogen-bond donors (Lipinski definition) is 1. The van der Waals surface area contributed by atoms with E-state index < -0.39 is 9.84 Å². The van der Waals surface area contributed by atoms with E-state index in [1.165, 1.54) is 12.7 Å². The molecule has 0 fully saturated rings. The summed E-state index contributed by atoms with van der Waals surface area (Å²) in [4.78, 5) is 0. The van der Waals surface area contributed by atoms with Gasteiger partial charge in [0.15, 0.2) is 0 Å². The van der Waals surface area contributed by atoms with Gasteiger partial charge in [-0.05, 0) is 39.0 Å². The van der Waals surface area contributed by atoms with Crippen LogP contribution in [-0.2, 0) is 9.84 Å². The number of nitrogens with one attached hydrogen (secondary N) is 1. The lowest BCUT2D eigenvalue weighted by Crippen LogP contribution is -2.35. The first-order valence-corrected chi connectivity index (χ1v) is 8.20. The zero-order valence-electron chi connectivity index (χ0n) is 11.3. The molecule has 0 aromatic heterocycles. The molecule has 0 saturated carbocycles. The Morgan fingerprint density at radius 1 is 0.938 bits per heavy atom. The predicted molar refractivity (Wildman–Crippen MR) is 70.5 cm³/mol. The van der Waals surface area contributed by atoms with Gasteiger partial charge >= 0.3 is 0 Å². The summed E-state index contributed by atoms with van der Waals surface area (Å²) >= 11 is 0. The van der Waals surface area contributed by atoms with Crippen molar-refractivity contribution in [2.24, 2.45) is 5.92 Å². The van der Waals surface area contributed by atoms with Gasteiger partial charge in [-0.25, -0.2) is 8.42 Å². The molecular formula is C12H27NO2S. The molecule has 2 unspecified atom stereocenters. The Hall–Kier alpha value is -0.0900. The van der Waals surface area contributed by atoms with Gasteiger partial charge in [0.05, 0.1) is 5.75 Å². The summed E-state index contributed by atoms with van der Waals surface area (Å²) < 4.78 is 22.0. The van der Waals surface area contributed by atoms with Crippen molar-refractivity contribution in [1.82, 2.24) is 5.32 Å².